The summed E-state index contributed by atoms with van der Waals surface area (Å²) in [7, 11) is -2.39. The van der Waals surface area contributed by atoms with E-state index in [1.807, 2.05) is 0 Å². The Hall–Kier alpha value is -3.11. The maximum absolute atomic E-state index is 13.2. The van der Waals surface area contributed by atoms with Crippen molar-refractivity contribution in [1.29, 1.82) is 0 Å². The number of fused-ring (bicyclic) bond motifs is 1. The Morgan fingerprint density at radius 3 is 2.73 bits per heavy atom. The Kier molecular flexibility index (Phi) is 5.35. The lowest BCUT2D eigenvalue weighted by atomic mass is 10.2. The molecule has 0 aliphatic carbocycles. The molecule has 2 aromatic carbocycles. The minimum Gasteiger partial charge on any atom is -0.497 e. The molecule has 0 aromatic heterocycles. The molecule has 158 valence electrons. The summed E-state index contributed by atoms with van der Waals surface area (Å²) in [6, 6.07) is 10.3. The Morgan fingerprint density at radius 1 is 1.23 bits per heavy atom. The smallest absolute Gasteiger partial charge is 0.262 e. The number of sulfonamides is 1. The highest BCUT2D eigenvalue weighted by atomic mass is 32.2. The van der Waals surface area contributed by atoms with Crippen LogP contribution in [0, 0.1) is 0 Å². The molecule has 4 rings (SSSR count). The number of amides is 2. The molecule has 1 unspecified atom stereocenters. The summed E-state index contributed by atoms with van der Waals surface area (Å²) in [5, 5.41) is 5.37. The van der Waals surface area contributed by atoms with E-state index in [0.717, 1.165) is 0 Å². The van der Waals surface area contributed by atoms with Crippen molar-refractivity contribution in [3.63, 3.8) is 0 Å². The van der Waals surface area contributed by atoms with Gasteiger partial charge in [0.25, 0.3) is 5.91 Å². The first-order chi connectivity index (χ1) is 14.4. The molecule has 2 heterocycles. The zero-order valence-electron chi connectivity index (χ0n) is 16.3. The first-order valence-corrected chi connectivity index (χ1v) is 10.9. The van der Waals surface area contributed by atoms with Gasteiger partial charge in [-0.25, -0.2) is 8.42 Å². The van der Waals surface area contributed by atoms with Crippen LogP contribution in [0.3, 0.4) is 0 Å². The fourth-order valence-electron chi connectivity index (χ4n) is 3.55. The summed E-state index contributed by atoms with van der Waals surface area (Å²) in [6.45, 7) is 0.127. The maximum atomic E-state index is 13.2. The first-order valence-electron chi connectivity index (χ1n) is 9.42. The van der Waals surface area contributed by atoms with Gasteiger partial charge in [0.05, 0.1) is 17.7 Å². The molecule has 1 fully saturated rings. The van der Waals surface area contributed by atoms with E-state index < -0.39 is 22.0 Å². The van der Waals surface area contributed by atoms with Gasteiger partial charge in [0.15, 0.2) is 6.61 Å². The van der Waals surface area contributed by atoms with Crippen molar-refractivity contribution in [2.75, 3.05) is 30.9 Å². The maximum Gasteiger partial charge on any atom is 0.262 e. The van der Waals surface area contributed by atoms with E-state index in [-0.39, 0.29) is 24.0 Å². The predicted molar refractivity (Wildman–Crippen MR) is 109 cm³/mol. The molecule has 2 aliphatic heterocycles. The SMILES string of the molecule is COc1ccc(NC(=O)C2CCCN2S(=O)(=O)c2ccc3c(c2)NC(=O)CO3)cc1. The lowest BCUT2D eigenvalue weighted by molar-refractivity contribution is -0.119. The van der Waals surface area contributed by atoms with Crippen LogP contribution in [0.15, 0.2) is 47.4 Å². The Balaban J connectivity index is 1.55. The largest absolute Gasteiger partial charge is 0.497 e. The monoisotopic (exact) mass is 431 g/mol. The van der Waals surface area contributed by atoms with Crippen molar-refractivity contribution >= 4 is 33.2 Å². The summed E-state index contributed by atoms with van der Waals surface area (Å²) in [5.74, 6) is 0.316. The second-order valence-electron chi connectivity index (χ2n) is 6.99. The molecule has 2 aromatic rings. The van der Waals surface area contributed by atoms with Crippen molar-refractivity contribution in [2.24, 2.45) is 0 Å². The third kappa shape index (κ3) is 3.83. The molecule has 0 saturated carbocycles. The van der Waals surface area contributed by atoms with E-state index in [2.05, 4.69) is 10.6 Å². The molecule has 0 bridgehead atoms. The molecule has 0 radical (unpaired) electrons. The van der Waals surface area contributed by atoms with Gasteiger partial charge in [-0.05, 0) is 55.3 Å². The highest BCUT2D eigenvalue weighted by molar-refractivity contribution is 7.89. The van der Waals surface area contributed by atoms with Gasteiger partial charge in [0.1, 0.15) is 17.5 Å². The van der Waals surface area contributed by atoms with Crippen molar-refractivity contribution in [3.8, 4) is 11.5 Å². The van der Waals surface area contributed by atoms with Gasteiger partial charge in [-0.3, -0.25) is 9.59 Å². The van der Waals surface area contributed by atoms with E-state index in [1.165, 1.54) is 22.5 Å². The Labute approximate surface area is 174 Å². The van der Waals surface area contributed by atoms with E-state index in [9.17, 15) is 18.0 Å². The van der Waals surface area contributed by atoms with Crippen LogP contribution in [0.1, 0.15) is 12.8 Å². The number of anilines is 2. The summed E-state index contributed by atoms with van der Waals surface area (Å²) >= 11 is 0. The van der Waals surface area contributed by atoms with Crippen LogP contribution in [0.25, 0.3) is 0 Å². The third-order valence-corrected chi connectivity index (χ3v) is 6.96. The van der Waals surface area contributed by atoms with Gasteiger partial charge in [0.2, 0.25) is 15.9 Å². The van der Waals surface area contributed by atoms with Crippen molar-refractivity contribution < 1.29 is 27.5 Å². The van der Waals surface area contributed by atoms with Gasteiger partial charge in [-0.1, -0.05) is 0 Å². The van der Waals surface area contributed by atoms with Crippen molar-refractivity contribution in [3.05, 3.63) is 42.5 Å². The van der Waals surface area contributed by atoms with Gasteiger partial charge in [-0.2, -0.15) is 4.31 Å². The number of hydrogen-bond acceptors (Lipinski definition) is 6. The molecule has 2 N–H and O–H groups in total. The Bertz CT molecular complexity index is 1080. The molecule has 1 atom stereocenters. The molecule has 10 heteroatoms. The topological polar surface area (TPSA) is 114 Å². The molecular formula is C20H21N3O6S. The Morgan fingerprint density at radius 2 is 2.00 bits per heavy atom. The van der Waals surface area contributed by atoms with E-state index in [4.69, 9.17) is 9.47 Å². The van der Waals surface area contributed by atoms with Crippen LogP contribution in [0.4, 0.5) is 11.4 Å². The molecule has 2 aliphatic rings. The number of nitrogens with one attached hydrogen (secondary N) is 2. The second-order valence-corrected chi connectivity index (χ2v) is 8.88. The predicted octanol–water partition coefficient (Wildman–Crippen LogP) is 1.82. The zero-order chi connectivity index (χ0) is 21.3. The fourth-order valence-corrected chi connectivity index (χ4v) is 5.23. The highest BCUT2D eigenvalue weighted by Gasteiger charge is 2.40. The standard InChI is InChI=1S/C20H21N3O6S/c1-28-14-6-4-13(5-7-14)21-20(25)17-3-2-10-23(17)30(26,27)15-8-9-18-16(11-15)22-19(24)12-29-18/h4-9,11,17H,2-3,10,12H2,1H3,(H,21,25)(H,22,24). The zero-order valence-corrected chi connectivity index (χ0v) is 17.1. The highest BCUT2D eigenvalue weighted by Crippen LogP contribution is 2.33. The van der Waals surface area contributed by atoms with E-state index in [0.29, 0.717) is 35.7 Å². The minimum atomic E-state index is -3.94. The number of nitrogens with zero attached hydrogens (tertiary/aromatic N) is 1. The third-order valence-electron chi connectivity index (χ3n) is 5.05. The van der Waals surface area contributed by atoms with Gasteiger partial charge >= 0.3 is 0 Å². The summed E-state index contributed by atoms with van der Waals surface area (Å²) in [5.41, 5.74) is 0.851. The number of rotatable bonds is 5. The van der Waals surface area contributed by atoms with E-state index in [1.54, 1.807) is 31.4 Å². The summed E-state index contributed by atoms with van der Waals surface area (Å²) in [6.07, 6.45) is 0.997. The normalized spacial score (nSPS) is 18.8. The first kappa shape index (κ1) is 20.2. The van der Waals surface area contributed by atoms with Crippen LogP contribution in [-0.2, 0) is 19.6 Å². The van der Waals surface area contributed by atoms with Crippen LogP contribution in [0.5, 0.6) is 11.5 Å². The number of carbonyl (C=O) groups excluding carboxylic acids is 2. The lowest BCUT2D eigenvalue weighted by Crippen LogP contribution is -2.43. The minimum absolute atomic E-state index is 0.00352. The molecule has 30 heavy (non-hydrogen) atoms. The summed E-state index contributed by atoms with van der Waals surface area (Å²) < 4.78 is 38.0. The molecule has 9 nitrogen and oxygen atoms in total. The molecule has 2 amide bonds. The van der Waals surface area contributed by atoms with Crippen molar-refractivity contribution in [1.82, 2.24) is 4.31 Å². The van der Waals surface area contributed by atoms with Crippen LogP contribution < -0.4 is 20.1 Å². The molecule has 1 saturated heterocycles. The van der Waals surface area contributed by atoms with Gasteiger partial charge < -0.3 is 20.1 Å². The van der Waals surface area contributed by atoms with Crippen molar-refractivity contribution in [2.45, 2.75) is 23.8 Å². The second kappa shape index (κ2) is 7.96. The van der Waals surface area contributed by atoms with Crippen LogP contribution in [0.2, 0.25) is 0 Å². The lowest BCUT2D eigenvalue weighted by Gasteiger charge is -2.24. The number of hydrogen-bond donors (Lipinski definition) is 2. The fraction of sp³-hybridized carbons (Fsp3) is 0.300. The van der Waals surface area contributed by atoms with Crippen LogP contribution in [-0.4, -0.2) is 50.8 Å². The average molecular weight is 431 g/mol. The average Bonchev–Trinajstić information content (AvgIpc) is 3.25. The number of carbonyl (C=O) groups is 2. The quantitative estimate of drug-likeness (QED) is 0.747. The van der Waals surface area contributed by atoms with E-state index >= 15 is 0 Å². The number of ether oxygens (including phenoxy) is 2. The van der Waals surface area contributed by atoms with Gasteiger partial charge in [0, 0.05) is 12.2 Å². The van der Waals surface area contributed by atoms with Gasteiger partial charge in [-0.15, -0.1) is 0 Å². The molecular weight excluding hydrogens is 410 g/mol. The molecule has 0 spiro atoms. The summed E-state index contributed by atoms with van der Waals surface area (Å²) in [4.78, 5) is 24.3. The number of methoxy groups -OCH3 is 1. The number of benzene rings is 2. The van der Waals surface area contributed by atoms with Crippen LogP contribution >= 0.6 is 0 Å².